The molecule has 1 aromatic carbocycles. The van der Waals surface area contributed by atoms with Crippen molar-refractivity contribution in [3.63, 3.8) is 0 Å². The zero-order chi connectivity index (χ0) is 18.7. The molecule has 3 fully saturated rings. The molecule has 1 heterocycles. The van der Waals surface area contributed by atoms with Gasteiger partial charge in [0.2, 0.25) is 0 Å². The van der Waals surface area contributed by atoms with Crippen molar-refractivity contribution in [1.82, 2.24) is 15.5 Å². The third-order valence-corrected chi connectivity index (χ3v) is 6.83. The van der Waals surface area contributed by atoms with Gasteiger partial charge in [0.1, 0.15) is 5.82 Å². The Morgan fingerprint density at radius 1 is 1.14 bits per heavy atom. The van der Waals surface area contributed by atoms with Gasteiger partial charge in [-0.2, -0.15) is 0 Å². The number of halogens is 2. The van der Waals surface area contributed by atoms with Crippen molar-refractivity contribution < 1.29 is 4.39 Å². The van der Waals surface area contributed by atoms with Gasteiger partial charge in [-0.3, -0.25) is 4.99 Å². The molecule has 156 valence electrons. The van der Waals surface area contributed by atoms with E-state index in [4.69, 9.17) is 0 Å². The average molecular weight is 500 g/mol. The Hall–Kier alpha value is -0.890. The summed E-state index contributed by atoms with van der Waals surface area (Å²) in [7, 11) is 1.83. The first kappa shape index (κ1) is 21.8. The van der Waals surface area contributed by atoms with Crippen LogP contribution in [-0.2, 0) is 5.41 Å². The molecule has 0 radical (unpaired) electrons. The van der Waals surface area contributed by atoms with Crippen LogP contribution < -0.4 is 10.6 Å². The van der Waals surface area contributed by atoms with Gasteiger partial charge in [-0.15, -0.1) is 24.0 Å². The number of nitrogens with zero attached hydrogens (tertiary/aromatic N) is 2. The van der Waals surface area contributed by atoms with Gasteiger partial charge in [0.15, 0.2) is 5.96 Å². The number of guanidine groups is 1. The zero-order valence-electron chi connectivity index (χ0n) is 16.9. The monoisotopic (exact) mass is 500 g/mol. The number of piperidine rings is 1. The van der Waals surface area contributed by atoms with Gasteiger partial charge < -0.3 is 15.5 Å². The number of likely N-dealkylation sites (tertiary alicyclic amines) is 1. The second-order valence-corrected chi connectivity index (χ2v) is 8.58. The third kappa shape index (κ3) is 4.99. The fourth-order valence-corrected chi connectivity index (χ4v) is 4.90. The number of nitrogens with one attached hydrogen (secondary N) is 2. The SMILES string of the molecule is CN=C(NCC1(c2ccccc2F)CC1)NC1CCN(C2CCCC2)CC1.I. The van der Waals surface area contributed by atoms with E-state index in [2.05, 4.69) is 20.5 Å². The summed E-state index contributed by atoms with van der Waals surface area (Å²) in [6.07, 6.45) is 10.0. The zero-order valence-corrected chi connectivity index (χ0v) is 19.3. The van der Waals surface area contributed by atoms with E-state index in [1.54, 1.807) is 12.1 Å². The molecule has 0 bridgehead atoms. The quantitative estimate of drug-likeness (QED) is 0.364. The van der Waals surface area contributed by atoms with E-state index in [0.717, 1.165) is 37.0 Å². The standard InChI is InChI=1S/C22H33FN4.HI/c1-24-21(25-16-22(12-13-22)19-8-4-5-9-20(19)23)26-17-10-14-27(15-11-17)18-6-2-3-7-18;/h4-5,8-9,17-18H,2-3,6-7,10-16H2,1H3,(H2,24,25,26);1H. The van der Waals surface area contributed by atoms with Crippen molar-refractivity contribution in [1.29, 1.82) is 0 Å². The molecule has 1 aromatic rings. The van der Waals surface area contributed by atoms with Crippen LogP contribution in [0, 0.1) is 5.82 Å². The Kier molecular flexibility index (Phi) is 7.59. The van der Waals surface area contributed by atoms with Crippen LogP contribution in [0.5, 0.6) is 0 Å². The van der Waals surface area contributed by atoms with Crippen LogP contribution in [0.15, 0.2) is 29.3 Å². The first-order chi connectivity index (χ1) is 13.2. The molecule has 2 saturated carbocycles. The molecule has 0 unspecified atom stereocenters. The highest BCUT2D eigenvalue weighted by molar-refractivity contribution is 14.0. The maximum absolute atomic E-state index is 14.2. The van der Waals surface area contributed by atoms with E-state index in [9.17, 15) is 4.39 Å². The highest BCUT2D eigenvalue weighted by Gasteiger charge is 2.45. The van der Waals surface area contributed by atoms with Crippen LogP contribution in [-0.4, -0.2) is 49.6 Å². The minimum atomic E-state index is -0.0842. The highest BCUT2D eigenvalue weighted by atomic mass is 127. The predicted octanol–water partition coefficient (Wildman–Crippen LogP) is 4.05. The molecule has 0 aromatic heterocycles. The van der Waals surface area contributed by atoms with Gasteiger partial charge in [-0.1, -0.05) is 31.0 Å². The molecule has 28 heavy (non-hydrogen) atoms. The third-order valence-electron chi connectivity index (χ3n) is 6.83. The van der Waals surface area contributed by atoms with Crippen LogP contribution in [0.4, 0.5) is 4.39 Å². The average Bonchev–Trinajstić information content (AvgIpc) is 3.28. The van der Waals surface area contributed by atoms with Gasteiger partial charge in [0.25, 0.3) is 0 Å². The first-order valence-electron chi connectivity index (χ1n) is 10.7. The Balaban J connectivity index is 0.00000225. The second-order valence-electron chi connectivity index (χ2n) is 8.58. The Morgan fingerprint density at radius 2 is 1.82 bits per heavy atom. The van der Waals surface area contributed by atoms with Gasteiger partial charge in [0, 0.05) is 44.2 Å². The Morgan fingerprint density at radius 3 is 2.43 bits per heavy atom. The van der Waals surface area contributed by atoms with Crippen LogP contribution in [0.1, 0.15) is 56.9 Å². The summed E-state index contributed by atoms with van der Waals surface area (Å²) < 4.78 is 14.2. The molecular weight excluding hydrogens is 466 g/mol. The summed E-state index contributed by atoms with van der Waals surface area (Å²) in [4.78, 5) is 7.11. The number of rotatable bonds is 5. The molecule has 4 rings (SSSR count). The first-order valence-corrected chi connectivity index (χ1v) is 10.7. The van der Waals surface area contributed by atoms with Crippen LogP contribution in [0.2, 0.25) is 0 Å². The minimum absolute atomic E-state index is 0. The smallest absolute Gasteiger partial charge is 0.191 e. The van der Waals surface area contributed by atoms with Crippen molar-refractivity contribution in [3.05, 3.63) is 35.6 Å². The lowest BCUT2D eigenvalue weighted by Crippen LogP contribution is -2.51. The van der Waals surface area contributed by atoms with Crippen molar-refractivity contribution in [2.75, 3.05) is 26.7 Å². The summed E-state index contributed by atoms with van der Waals surface area (Å²) in [5, 5.41) is 7.07. The van der Waals surface area contributed by atoms with E-state index in [1.165, 1.54) is 51.6 Å². The molecule has 4 nitrogen and oxygen atoms in total. The van der Waals surface area contributed by atoms with Gasteiger partial charge >= 0.3 is 0 Å². The highest BCUT2D eigenvalue weighted by Crippen LogP contribution is 2.48. The van der Waals surface area contributed by atoms with Crippen molar-refractivity contribution >= 4 is 29.9 Å². The second kappa shape index (κ2) is 9.74. The van der Waals surface area contributed by atoms with Crippen LogP contribution in [0.3, 0.4) is 0 Å². The molecule has 2 aliphatic carbocycles. The number of hydrogen-bond donors (Lipinski definition) is 2. The summed E-state index contributed by atoms with van der Waals surface area (Å²) in [6.45, 7) is 3.13. The molecule has 0 amide bonds. The lowest BCUT2D eigenvalue weighted by molar-refractivity contribution is 0.150. The molecule has 1 aliphatic heterocycles. The Bertz CT molecular complexity index is 662. The van der Waals surface area contributed by atoms with E-state index < -0.39 is 0 Å². The summed E-state index contributed by atoms with van der Waals surface area (Å²) >= 11 is 0. The Labute approximate surface area is 185 Å². The number of hydrogen-bond acceptors (Lipinski definition) is 2. The lowest BCUT2D eigenvalue weighted by atomic mass is 9.95. The van der Waals surface area contributed by atoms with Crippen molar-refractivity contribution in [2.45, 2.75) is 68.9 Å². The molecule has 6 heteroatoms. The van der Waals surface area contributed by atoms with E-state index in [-0.39, 0.29) is 35.2 Å². The molecule has 0 spiro atoms. The maximum atomic E-state index is 14.2. The summed E-state index contributed by atoms with van der Waals surface area (Å²) in [5.74, 6) is 0.774. The molecule has 2 N–H and O–H groups in total. The maximum Gasteiger partial charge on any atom is 0.191 e. The van der Waals surface area contributed by atoms with Gasteiger partial charge in [0.05, 0.1) is 0 Å². The molecule has 1 saturated heterocycles. The van der Waals surface area contributed by atoms with Crippen LogP contribution in [0.25, 0.3) is 0 Å². The topological polar surface area (TPSA) is 39.7 Å². The van der Waals surface area contributed by atoms with Gasteiger partial charge in [-0.05, 0) is 50.2 Å². The minimum Gasteiger partial charge on any atom is -0.356 e. The van der Waals surface area contributed by atoms with Crippen molar-refractivity contribution in [3.8, 4) is 0 Å². The van der Waals surface area contributed by atoms with E-state index in [0.29, 0.717) is 6.04 Å². The summed E-state index contributed by atoms with van der Waals surface area (Å²) in [6, 6.07) is 8.51. The fourth-order valence-electron chi connectivity index (χ4n) is 4.90. The van der Waals surface area contributed by atoms with Crippen molar-refractivity contribution in [2.24, 2.45) is 4.99 Å². The lowest BCUT2D eigenvalue weighted by Gasteiger charge is -2.36. The fraction of sp³-hybridized carbons (Fsp3) is 0.682. The predicted molar refractivity (Wildman–Crippen MR) is 124 cm³/mol. The van der Waals surface area contributed by atoms with E-state index >= 15 is 0 Å². The normalized spacial score (nSPS) is 23.3. The molecule has 0 atom stereocenters. The van der Waals surface area contributed by atoms with Gasteiger partial charge in [-0.25, -0.2) is 4.39 Å². The van der Waals surface area contributed by atoms with E-state index in [1.807, 2.05) is 19.2 Å². The largest absolute Gasteiger partial charge is 0.356 e. The molecule has 3 aliphatic rings. The molecular formula is C22H34FIN4. The summed E-state index contributed by atoms with van der Waals surface area (Å²) in [5.41, 5.74) is 0.784. The number of aliphatic imine (C=N–C) groups is 1. The number of benzene rings is 1. The van der Waals surface area contributed by atoms with Crippen LogP contribution >= 0.6 is 24.0 Å².